The maximum atomic E-state index is 13.6. The fourth-order valence-corrected chi connectivity index (χ4v) is 2.38. The normalized spacial score (nSPS) is 16.7. The fraction of sp³-hybridized carbons (Fsp3) is 0.462. The van der Waals surface area contributed by atoms with Gasteiger partial charge in [-0.05, 0) is 25.0 Å². The first-order chi connectivity index (χ1) is 8.20. The lowest BCUT2D eigenvalue weighted by molar-refractivity contribution is 0.0757. The van der Waals surface area contributed by atoms with E-state index in [9.17, 15) is 9.18 Å². The van der Waals surface area contributed by atoms with Crippen LogP contribution in [-0.2, 0) is 0 Å². The van der Waals surface area contributed by atoms with E-state index in [4.69, 9.17) is 11.6 Å². The molecule has 2 nitrogen and oxygen atoms in total. The highest BCUT2D eigenvalue weighted by Gasteiger charge is 2.22. The van der Waals surface area contributed by atoms with Crippen molar-refractivity contribution < 1.29 is 9.18 Å². The average molecular weight is 256 g/mol. The van der Waals surface area contributed by atoms with Gasteiger partial charge in [-0.25, -0.2) is 4.39 Å². The Kier molecular flexibility index (Phi) is 4.00. The molecule has 1 aromatic rings. The van der Waals surface area contributed by atoms with Crippen molar-refractivity contribution >= 4 is 17.5 Å². The van der Waals surface area contributed by atoms with E-state index >= 15 is 0 Å². The Morgan fingerprint density at radius 2 is 1.82 bits per heavy atom. The van der Waals surface area contributed by atoms with Gasteiger partial charge >= 0.3 is 0 Å². The van der Waals surface area contributed by atoms with E-state index in [0.717, 1.165) is 25.7 Å². The summed E-state index contributed by atoms with van der Waals surface area (Å²) in [6, 6.07) is 4.34. The molecule has 4 heteroatoms. The van der Waals surface area contributed by atoms with Gasteiger partial charge < -0.3 is 4.90 Å². The summed E-state index contributed by atoms with van der Waals surface area (Å²) in [4.78, 5) is 13.9. The van der Waals surface area contributed by atoms with Gasteiger partial charge in [0.25, 0.3) is 5.91 Å². The number of carbonyl (C=O) groups excluding carboxylic acids is 1. The van der Waals surface area contributed by atoms with Gasteiger partial charge in [-0.1, -0.05) is 30.5 Å². The summed E-state index contributed by atoms with van der Waals surface area (Å²) >= 11 is 5.90. The van der Waals surface area contributed by atoms with Crippen molar-refractivity contribution in [2.75, 3.05) is 13.1 Å². The van der Waals surface area contributed by atoms with Gasteiger partial charge in [0, 0.05) is 13.1 Å². The van der Waals surface area contributed by atoms with Crippen LogP contribution in [0.2, 0.25) is 5.02 Å². The highest BCUT2D eigenvalue weighted by Crippen LogP contribution is 2.22. The van der Waals surface area contributed by atoms with Crippen molar-refractivity contribution in [3.05, 3.63) is 34.6 Å². The molecule has 17 heavy (non-hydrogen) atoms. The topological polar surface area (TPSA) is 20.3 Å². The zero-order chi connectivity index (χ0) is 12.3. The second-order valence-corrected chi connectivity index (χ2v) is 4.71. The molecule has 1 aliphatic rings. The Hall–Kier alpha value is -1.09. The second kappa shape index (κ2) is 5.50. The molecule has 0 aromatic heterocycles. The Morgan fingerprint density at radius 1 is 1.18 bits per heavy atom. The molecule has 0 spiro atoms. The zero-order valence-corrected chi connectivity index (χ0v) is 10.3. The molecule has 0 radical (unpaired) electrons. The van der Waals surface area contributed by atoms with E-state index < -0.39 is 5.82 Å². The lowest BCUT2D eigenvalue weighted by atomic mass is 10.1. The van der Waals surface area contributed by atoms with Crippen molar-refractivity contribution in [1.82, 2.24) is 4.90 Å². The van der Waals surface area contributed by atoms with E-state index in [1.807, 2.05) is 0 Å². The standard InChI is InChI=1S/C13H15ClFNO/c14-10-6-5-7-11(15)12(10)13(17)16-8-3-1-2-4-9-16/h5-7H,1-4,8-9H2. The summed E-state index contributed by atoms with van der Waals surface area (Å²) in [6.07, 6.45) is 4.24. The van der Waals surface area contributed by atoms with Gasteiger partial charge in [0.05, 0.1) is 10.6 Å². The monoisotopic (exact) mass is 255 g/mol. The second-order valence-electron chi connectivity index (χ2n) is 4.30. The molecule has 0 aliphatic carbocycles. The molecule has 1 amide bonds. The van der Waals surface area contributed by atoms with Crippen molar-refractivity contribution in [1.29, 1.82) is 0 Å². The number of halogens is 2. The van der Waals surface area contributed by atoms with Crippen molar-refractivity contribution in [2.24, 2.45) is 0 Å². The third-order valence-electron chi connectivity index (χ3n) is 3.07. The Bertz CT molecular complexity index is 394. The molecule has 1 aliphatic heterocycles. The van der Waals surface area contributed by atoms with E-state index in [-0.39, 0.29) is 16.5 Å². The third-order valence-corrected chi connectivity index (χ3v) is 3.38. The molecule has 1 saturated heterocycles. The van der Waals surface area contributed by atoms with Gasteiger partial charge in [0.1, 0.15) is 5.82 Å². The van der Waals surface area contributed by atoms with Crippen LogP contribution in [0.25, 0.3) is 0 Å². The first kappa shape index (κ1) is 12.4. The number of nitrogens with zero attached hydrogens (tertiary/aromatic N) is 1. The number of carbonyl (C=O) groups is 1. The van der Waals surface area contributed by atoms with Crippen LogP contribution >= 0.6 is 11.6 Å². The molecule has 2 rings (SSSR count). The molecule has 0 unspecified atom stereocenters. The SMILES string of the molecule is O=C(c1c(F)cccc1Cl)N1CCCCCC1. The summed E-state index contributed by atoms with van der Waals surface area (Å²) in [5.41, 5.74) is 0.0102. The van der Waals surface area contributed by atoms with Crippen molar-refractivity contribution in [3.8, 4) is 0 Å². The average Bonchev–Trinajstić information content (AvgIpc) is 2.57. The minimum Gasteiger partial charge on any atom is -0.339 e. The van der Waals surface area contributed by atoms with Crippen LogP contribution in [0.1, 0.15) is 36.0 Å². The first-order valence-corrected chi connectivity index (χ1v) is 6.31. The summed E-state index contributed by atoms with van der Waals surface area (Å²) in [6.45, 7) is 1.40. The maximum absolute atomic E-state index is 13.6. The van der Waals surface area contributed by atoms with Gasteiger partial charge in [-0.2, -0.15) is 0 Å². The smallest absolute Gasteiger partial charge is 0.258 e. The molecule has 0 saturated carbocycles. The number of hydrogen-bond acceptors (Lipinski definition) is 1. The summed E-state index contributed by atoms with van der Waals surface area (Å²) < 4.78 is 13.6. The number of hydrogen-bond donors (Lipinski definition) is 0. The largest absolute Gasteiger partial charge is 0.339 e. The Labute approximate surface area is 105 Å². The van der Waals surface area contributed by atoms with E-state index in [0.29, 0.717) is 13.1 Å². The molecule has 92 valence electrons. The lowest BCUT2D eigenvalue weighted by Gasteiger charge is -2.21. The highest BCUT2D eigenvalue weighted by atomic mass is 35.5. The van der Waals surface area contributed by atoms with Crippen LogP contribution in [0.5, 0.6) is 0 Å². The van der Waals surface area contributed by atoms with Crippen molar-refractivity contribution in [3.63, 3.8) is 0 Å². The van der Waals surface area contributed by atoms with Gasteiger partial charge in [-0.3, -0.25) is 4.79 Å². The molecule has 0 bridgehead atoms. The van der Waals surface area contributed by atoms with Crippen LogP contribution in [0, 0.1) is 5.82 Å². The summed E-state index contributed by atoms with van der Waals surface area (Å²) in [7, 11) is 0. The van der Waals surface area contributed by atoms with E-state index in [1.54, 1.807) is 11.0 Å². The fourth-order valence-electron chi connectivity index (χ4n) is 2.13. The molecular weight excluding hydrogens is 241 g/mol. The Balaban J connectivity index is 2.23. The van der Waals surface area contributed by atoms with Crippen molar-refractivity contribution in [2.45, 2.75) is 25.7 Å². The molecule has 0 atom stereocenters. The number of benzene rings is 1. The minimum absolute atomic E-state index is 0.0102. The quantitative estimate of drug-likeness (QED) is 0.752. The predicted octanol–water partition coefficient (Wildman–Crippen LogP) is 3.50. The molecule has 1 heterocycles. The molecular formula is C13H15ClFNO. The Morgan fingerprint density at radius 3 is 2.41 bits per heavy atom. The van der Waals surface area contributed by atoms with Crippen LogP contribution in [0.4, 0.5) is 4.39 Å². The van der Waals surface area contributed by atoms with Crippen LogP contribution in [0.3, 0.4) is 0 Å². The van der Waals surface area contributed by atoms with Gasteiger partial charge in [0.15, 0.2) is 0 Å². The first-order valence-electron chi connectivity index (χ1n) is 5.93. The van der Waals surface area contributed by atoms with E-state index in [1.165, 1.54) is 12.1 Å². The van der Waals surface area contributed by atoms with Crippen LogP contribution < -0.4 is 0 Å². The number of amides is 1. The van der Waals surface area contributed by atoms with Crippen LogP contribution in [0.15, 0.2) is 18.2 Å². The van der Waals surface area contributed by atoms with E-state index in [2.05, 4.69) is 0 Å². The minimum atomic E-state index is -0.535. The molecule has 1 aromatic carbocycles. The highest BCUT2D eigenvalue weighted by molar-refractivity contribution is 6.33. The van der Waals surface area contributed by atoms with Gasteiger partial charge in [-0.15, -0.1) is 0 Å². The predicted molar refractivity (Wildman–Crippen MR) is 65.8 cm³/mol. The number of likely N-dealkylation sites (tertiary alicyclic amines) is 1. The summed E-state index contributed by atoms with van der Waals surface area (Å²) in [5.74, 6) is -0.818. The molecule has 1 fully saturated rings. The molecule has 0 N–H and O–H groups in total. The third kappa shape index (κ3) is 2.78. The van der Waals surface area contributed by atoms with Gasteiger partial charge in [0.2, 0.25) is 0 Å². The maximum Gasteiger partial charge on any atom is 0.258 e. The van der Waals surface area contributed by atoms with Crippen LogP contribution in [-0.4, -0.2) is 23.9 Å². The lowest BCUT2D eigenvalue weighted by Crippen LogP contribution is -2.32. The number of rotatable bonds is 1. The summed E-state index contributed by atoms with van der Waals surface area (Å²) in [5, 5.41) is 0.194. The zero-order valence-electron chi connectivity index (χ0n) is 9.59.